The number of rotatable bonds is 6. The first-order chi connectivity index (χ1) is 15.0. The van der Waals surface area contributed by atoms with Gasteiger partial charge in [0.25, 0.3) is 0 Å². The SMILES string of the molecule is Cc1ccc(Nc2nc(C)cc(Nc3ccc(NC(=O)C4CCCCC4)cc3)n2)cc1. The average molecular weight is 416 g/mol. The molecule has 1 amide bonds. The van der Waals surface area contributed by atoms with Crippen molar-refractivity contribution in [2.24, 2.45) is 5.92 Å². The third-order valence-electron chi connectivity index (χ3n) is 5.56. The van der Waals surface area contributed by atoms with Crippen LogP contribution in [0.3, 0.4) is 0 Å². The maximum absolute atomic E-state index is 12.4. The number of nitrogens with zero attached hydrogens (tertiary/aromatic N) is 2. The first-order valence-electron chi connectivity index (χ1n) is 10.9. The van der Waals surface area contributed by atoms with E-state index in [0.717, 1.165) is 48.4 Å². The zero-order chi connectivity index (χ0) is 21.6. The molecule has 1 aliphatic rings. The Labute approximate surface area is 183 Å². The van der Waals surface area contributed by atoms with Crippen LogP contribution in [0, 0.1) is 19.8 Å². The van der Waals surface area contributed by atoms with Crippen LogP contribution in [0.5, 0.6) is 0 Å². The van der Waals surface area contributed by atoms with Gasteiger partial charge in [0.2, 0.25) is 11.9 Å². The number of hydrogen-bond donors (Lipinski definition) is 3. The quantitative estimate of drug-likeness (QED) is 0.453. The van der Waals surface area contributed by atoms with Crippen molar-refractivity contribution in [2.45, 2.75) is 46.0 Å². The number of carbonyl (C=O) groups is 1. The summed E-state index contributed by atoms with van der Waals surface area (Å²) in [7, 11) is 0. The van der Waals surface area contributed by atoms with Gasteiger partial charge in [0, 0.05) is 34.7 Å². The smallest absolute Gasteiger partial charge is 0.229 e. The Morgan fingerprint density at radius 1 is 0.806 bits per heavy atom. The highest BCUT2D eigenvalue weighted by atomic mass is 16.1. The predicted octanol–water partition coefficient (Wildman–Crippen LogP) is 6.10. The van der Waals surface area contributed by atoms with Gasteiger partial charge in [-0.2, -0.15) is 4.98 Å². The topological polar surface area (TPSA) is 78.9 Å². The van der Waals surface area contributed by atoms with Gasteiger partial charge in [-0.15, -0.1) is 0 Å². The molecule has 0 aliphatic heterocycles. The van der Waals surface area contributed by atoms with Gasteiger partial charge in [0.15, 0.2) is 0 Å². The van der Waals surface area contributed by atoms with Gasteiger partial charge in [-0.25, -0.2) is 4.98 Å². The van der Waals surface area contributed by atoms with E-state index in [0.29, 0.717) is 11.8 Å². The first-order valence-corrected chi connectivity index (χ1v) is 10.9. The Balaban J connectivity index is 1.39. The third kappa shape index (κ3) is 5.81. The lowest BCUT2D eigenvalue weighted by atomic mass is 9.88. The van der Waals surface area contributed by atoms with Gasteiger partial charge in [-0.3, -0.25) is 4.79 Å². The van der Waals surface area contributed by atoms with Gasteiger partial charge in [-0.1, -0.05) is 37.0 Å². The summed E-state index contributed by atoms with van der Waals surface area (Å²) in [4.78, 5) is 21.5. The Morgan fingerprint density at radius 2 is 1.42 bits per heavy atom. The van der Waals surface area contributed by atoms with Crippen molar-refractivity contribution in [3.63, 3.8) is 0 Å². The van der Waals surface area contributed by atoms with Gasteiger partial charge < -0.3 is 16.0 Å². The summed E-state index contributed by atoms with van der Waals surface area (Å²) in [6.07, 6.45) is 5.55. The fraction of sp³-hybridized carbons (Fsp3) is 0.320. The molecule has 0 unspecified atom stereocenters. The molecule has 160 valence electrons. The fourth-order valence-electron chi connectivity index (χ4n) is 3.85. The number of anilines is 5. The van der Waals surface area contributed by atoms with E-state index in [9.17, 15) is 4.79 Å². The molecule has 31 heavy (non-hydrogen) atoms. The van der Waals surface area contributed by atoms with E-state index in [4.69, 9.17) is 0 Å². The molecule has 3 N–H and O–H groups in total. The van der Waals surface area contributed by atoms with Crippen molar-refractivity contribution in [3.05, 3.63) is 65.9 Å². The maximum Gasteiger partial charge on any atom is 0.229 e. The zero-order valence-corrected chi connectivity index (χ0v) is 18.1. The van der Waals surface area contributed by atoms with Gasteiger partial charge in [0.05, 0.1) is 0 Å². The van der Waals surface area contributed by atoms with Crippen LogP contribution in [-0.4, -0.2) is 15.9 Å². The molecule has 0 saturated heterocycles. The summed E-state index contributed by atoms with van der Waals surface area (Å²) in [6.45, 7) is 4.00. The zero-order valence-electron chi connectivity index (χ0n) is 18.1. The summed E-state index contributed by atoms with van der Waals surface area (Å²) in [5, 5.41) is 9.62. The van der Waals surface area contributed by atoms with Crippen LogP contribution in [0.1, 0.15) is 43.4 Å². The molecule has 1 aromatic heterocycles. The molecule has 4 rings (SSSR count). The van der Waals surface area contributed by atoms with Gasteiger partial charge >= 0.3 is 0 Å². The number of carbonyl (C=O) groups excluding carboxylic acids is 1. The van der Waals surface area contributed by atoms with E-state index in [1.54, 1.807) is 0 Å². The molecule has 1 fully saturated rings. The number of hydrogen-bond acceptors (Lipinski definition) is 5. The lowest BCUT2D eigenvalue weighted by Gasteiger charge is -2.20. The van der Waals surface area contributed by atoms with E-state index in [2.05, 4.69) is 32.8 Å². The summed E-state index contributed by atoms with van der Waals surface area (Å²) < 4.78 is 0. The van der Waals surface area contributed by atoms with Crippen LogP contribution in [0.15, 0.2) is 54.6 Å². The Bertz CT molecular complexity index is 1020. The highest BCUT2D eigenvalue weighted by molar-refractivity contribution is 5.92. The number of benzene rings is 2. The maximum atomic E-state index is 12.4. The average Bonchev–Trinajstić information content (AvgIpc) is 2.77. The van der Waals surface area contributed by atoms with Crippen LogP contribution in [0.2, 0.25) is 0 Å². The van der Waals surface area contributed by atoms with Gasteiger partial charge in [0.1, 0.15) is 5.82 Å². The molecule has 6 heteroatoms. The lowest BCUT2D eigenvalue weighted by molar-refractivity contribution is -0.120. The summed E-state index contributed by atoms with van der Waals surface area (Å²) >= 11 is 0. The predicted molar refractivity (Wildman–Crippen MR) is 126 cm³/mol. The Hall–Kier alpha value is -3.41. The molecule has 0 radical (unpaired) electrons. The Kier molecular flexibility index (Phi) is 6.46. The van der Waals surface area contributed by atoms with E-state index in [1.165, 1.54) is 12.0 Å². The monoisotopic (exact) mass is 415 g/mol. The third-order valence-corrected chi connectivity index (χ3v) is 5.56. The summed E-state index contributed by atoms with van der Waals surface area (Å²) in [6, 6.07) is 17.7. The van der Waals surface area contributed by atoms with E-state index < -0.39 is 0 Å². The molecular weight excluding hydrogens is 386 g/mol. The second-order valence-corrected chi connectivity index (χ2v) is 8.24. The van der Waals surface area contributed by atoms with Crippen LogP contribution >= 0.6 is 0 Å². The second-order valence-electron chi connectivity index (χ2n) is 8.24. The highest BCUT2D eigenvalue weighted by Gasteiger charge is 2.20. The number of aromatic nitrogens is 2. The largest absolute Gasteiger partial charge is 0.340 e. The Morgan fingerprint density at radius 3 is 2.13 bits per heavy atom. The van der Waals surface area contributed by atoms with Crippen molar-refractivity contribution in [1.82, 2.24) is 9.97 Å². The van der Waals surface area contributed by atoms with Crippen molar-refractivity contribution in [2.75, 3.05) is 16.0 Å². The minimum atomic E-state index is 0.138. The normalized spacial score (nSPS) is 14.1. The molecule has 1 saturated carbocycles. The van der Waals surface area contributed by atoms with Crippen molar-refractivity contribution < 1.29 is 4.79 Å². The van der Waals surface area contributed by atoms with Crippen molar-refractivity contribution >= 4 is 34.7 Å². The molecule has 2 aromatic carbocycles. The van der Waals surface area contributed by atoms with Crippen molar-refractivity contribution in [3.8, 4) is 0 Å². The van der Waals surface area contributed by atoms with Gasteiger partial charge in [-0.05, 0) is 63.1 Å². The molecule has 0 bridgehead atoms. The molecule has 3 aromatic rings. The second kappa shape index (κ2) is 9.60. The summed E-state index contributed by atoms with van der Waals surface area (Å²) in [5.41, 5.74) is 4.73. The number of nitrogens with one attached hydrogen (secondary N) is 3. The van der Waals surface area contributed by atoms with Crippen LogP contribution < -0.4 is 16.0 Å². The van der Waals surface area contributed by atoms with Crippen LogP contribution in [0.25, 0.3) is 0 Å². The minimum absolute atomic E-state index is 0.138. The van der Waals surface area contributed by atoms with E-state index in [1.807, 2.05) is 61.5 Å². The molecular formula is C25H29N5O. The minimum Gasteiger partial charge on any atom is -0.340 e. The molecule has 0 spiro atoms. The number of amides is 1. The van der Waals surface area contributed by atoms with Crippen LogP contribution in [0.4, 0.5) is 28.8 Å². The van der Waals surface area contributed by atoms with Crippen LogP contribution in [-0.2, 0) is 4.79 Å². The molecule has 0 atom stereocenters. The first kappa shape index (κ1) is 20.8. The standard InChI is InChI=1S/C25H29N5O/c1-17-8-10-22(11-9-17)29-25-26-18(2)16-23(30-25)27-20-12-14-21(15-13-20)28-24(31)19-6-4-3-5-7-19/h8-16,19H,3-7H2,1-2H3,(H,28,31)(H2,26,27,29,30). The number of aryl methyl sites for hydroxylation is 2. The lowest BCUT2D eigenvalue weighted by Crippen LogP contribution is -2.24. The van der Waals surface area contributed by atoms with Crippen molar-refractivity contribution in [1.29, 1.82) is 0 Å². The molecule has 1 heterocycles. The van der Waals surface area contributed by atoms with E-state index in [-0.39, 0.29) is 11.8 Å². The fourth-order valence-corrected chi connectivity index (χ4v) is 3.85. The highest BCUT2D eigenvalue weighted by Crippen LogP contribution is 2.26. The van der Waals surface area contributed by atoms with E-state index >= 15 is 0 Å². The summed E-state index contributed by atoms with van der Waals surface area (Å²) in [5.74, 6) is 1.54. The molecule has 6 nitrogen and oxygen atoms in total. The molecule has 1 aliphatic carbocycles.